The first-order valence-electron chi connectivity index (χ1n) is 6.64. The van der Waals surface area contributed by atoms with E-state index >= 15 is 0 Å². The molecule has 0 fully saturated rings. The van der Waals surface area contributed by atoms with Crippen LogP contribution in [0.5, 0.6) is 5.88 Å². The van der Waals surface area contributed by atoms with Crippen LogP contribution in [0.25, 0.3) is 10.8 Å². The van der Waals surface area contributed by atoms with Crippen LogP contribution in [0.2, 0.25) is 0 Å². The fourth-order valence-electron chi connectivity index (χ4n) is 2.31. The van der Waals surface area contributed by atoms with Crippen molar-refractivity contribution < 1.29 is 9.53 Å². The predicted molar refractivity (Wildman–Crippen MR) is 80.6 cm³/mol. The zero-order chi connectivity index (χ0) is 14.7. The van der Waals surface area contributed by atoms with Crippen molar-refractivity contribution in [1.29, 1.82) is 0 Å². The third-order valence-corrected chi connectivity index (χ3v) is 3.37. The zero-order valence-electron chi connectivity index (χ0n) is 11.6. The summed E-state index contributed by atoms with van der Waals surface area (Å²) in [5, 5.41) is 2.22. The summed E-state index contributed by atoms with van der Waals surface area (Å²) in [5.41, 5.74) is 1.37. The molecule has 0 unspecified atom stereocenters. The van der Waals surface area contributed by atoms with E-state index in [-0.39, 0.29) is 5.78 Å². The Balaban J connectivity index is 1.93. The highest BCUT2D eigenvalue weighted by molar-refractivity contribution is 5.98. The molecule has 0 aliphatic heterocycles. The maximum atomic E-state index is 12.4. The monoisotopic (exact) mass is 278 g/mol. The summed E-state index contributed by atoms with van der Waals surface area (Å²) < 4.78 is 5.02. The molecule has 0 N–H and O–H groups in total. The average Bonchev–Trinajstić information content (AvgIpc) is 2.55. The molecular formula is C17H14N2O2. The zero-order valence-corrected chi connectivity index (χ0v) is 11.6. The molecule has 0 amide bonds. The Labute approximate surface area is 122 Å². The van der Waals surface area contributed by atoms with Crippen LogP contribution in [0, 0.1) is 0 Å². The minimum absolute atomic E-state index is 0.0490. The van der Waals surface area contributed by atoms with Gasteiger partial charge in [0.15, 0.2) is 5.78 Å². The van der Waals surface area contributed by atoms with E-state index in [1.165, 1.54) is 13.4 Å². The predicted octanol–water partition coefficient (Wildman–Crippen LogP) is 3.06. The standard InChI is InChI=1S/C17H14N2O2/c1-21-17-10-15(18-11-19-17)16(20)9-13-7-4-6-12-5-2-3-8-14(12)13/h2-8,10-11H,9H2,1H3. The number of ketones is 1. The number of hydrogen-bond donors (Lipinski definition) is 0. The Morgan fingerprint density at radius 3 is 2.76 bits per heavy atom. The van der Waals surface area contributed by atoms with E-state index in [1.54, 1.807) is 6.07 Å². The van der Waals surface area contributed by atoms with Crippen LogP contribution >= 0.6 is 0 Å². The molecule has 0 spiro atoms. The molecular weight excluding hydrogens is 264 g/mol. The van der Waals surface area contributed by atoms with Crippen molar-refractivity contribution in [2.75, 3.05) is 7.11 Å². The summed E-state index contributed by atoms with van der Waals surface area (Å²) in [6, 6.07) is 15.6. The summed E-state index contributed by atoms with van der Waals surface area (Å²) in [4.78, 5) is 20.3. The normalized spacial score (nSPS) is 10.5. The van der Waals surface area contributed by atoms with Crippen molar-refractivity contribution in [3.05, 3.63) is 66.1 Å². The molecule has 21 heavy (non-hydrogen) atoms. The molecule has 1 aromatic heterocycles. The lowest BCUT2D eigenvalue weighted by Crippen LogP contribution is -2.07. The van der Waals surface area contributed by atoms with E-state index in [1.807, 2.05) is 42.5 Å². The molecule has 0 aliphatic carbocycles. The lowest BCUT2D eigenvalue weighted by atomic mass is 9.99. The van der Waals surface area contributed by atoms with Crippen molar-refractivity contribution in [3.8, 4) is 5.88 Å². The minimum Gasteiger partial charge on any atom is -0.481 e. The summed E-state index contributed by atoms with van der Waals surface area (Å²) in [6.07, 6.45) is 1.65. The number of hydrogen-bond acceptors (Lipinski definition) is 4. The Kier molecular flexibility index (Phi) is 3.60. The van der Waals surface area contributed by atoms with Crippen molar-refractivity contribution in [2.24, 2.45) is 0 Å². The van der Waals surface area contributed by atoms with Gasteiger partial charge in [-0.25, -0.2) is 9.97 Å². The molecule has 104 valence electrons. The quantitative estimate of drug-likeness (QED) is 0.688. The minimum atomic E-state index is -0.0490. The molecule has 3 aromatic rings. The smallest absolute Gasteiger partial charge is 0.216 e. The van der Waals surface area contributed by atoms with E-state index in [0.29, 0.717) is 18.0 Å². The highest BCUT2D eigenvalue weighted by Gasteiger charge is 2.12. The first-order valence-corrected chi connectivity index (χ1v) is 6.64. The Bertz CT molecular complexity index is 794. The fraction of sp³-hybridized carbons (Fsp3) is 0.118. The summed E-state index contributed by atoms with van der Waals surface area (Å²) in [7, 11) is 1.52. The molecule has 0 aliphatic rings. The third-order valence-electron chi connectivity index (χ3n) is 3.37. The number of methoxy groups -OCH3 is 1. The molecule has 2 aromatic carbocycles. The molecule has 0 saturated heterocycles. The lowest BCUT2D eigenvalue weighted by molar-refractivity contribution is 0.0988. The van der Waals surface area contributed by atoms with Gasteiger partial charge in [-0.05, 0) is 16.3 Å². The van der Waals surface area contributed by atoms with E-state index in [4.69, 9.17) is 4.74 Å². The molecule has 4 heteroatoms. The van der Waals surface area contributed by atoms with E-state index < -0.39 is 0 Å². The van der Waals surface area contributed by atoms with Gasteiger partial charge in [0.05, 0.1) is 7.11 Å². The molecule has 1 heterocycles. The van der Waals surface area contributed by atoms with E-state index in [0.717, 1.165) is 16.3 Å². The lowest BCUT2D eigenvalue weighted by Gasteiger charge is -2.06. The average molecular weight is 278 g/mol. The van der Waals surface area contributed by atoms with E-state index in [9.17, 15) is 4.79 Å². The molecule has 0 bridgehead atoms. The highest BCUT2D eigenvalue weighted by Crippen LogP contribution is 2.20. The van der Waals surface area contributed by atoms with Gasteiger partial charge in [-0.1, -0.05) is 42.5 Å². The first kappa shape index (κ1) is 13.2. The van der Waals surface area contributed by atoms with Gasteiger partial charge in [0.2, 0.25) is 5.88 Å². The van der Waals surface area contributed by atoms with Gasteiger partial charge in [0.25, 0.3) is 0 Å². The number of ether oxygens (including phenoxy) is 1. The van der Waals surface area contributed by atoms with Crippen LogP contribution in [-0.4, -0.2) is 22.9 Å². The maximum Gasteiger partial charge on any atom is 0.216 e. The first-order chi connectivity index (χ1) is 10.3. The van der Waals surface area contributed by atoms with Crippen LogP contribution < -0.4 is 4.74 Å². The molecule has 0 atom stereocenters. The van der Waals surface area contributed by atoms with Gasteiger partial charge in [0, 0.05) is 12.5 Å². The van der Waals surface area contributed by atoms with Crippen molar-refractivity contribution in [2.45, 2.75) is 6.42 Å². The Morgan fingerprint density at radius 1 is 1.10 bits per heavy atom. The second-order valence-corrected chi connectivity index (χ2v) is 4.68. The van der Waals surface area contributed by atoms with Gasteiger partial charge in [-0.2, -0.15) is 0 Å². The fourth-order valence-corrected chi connectivity index (χ4v) is 2.31. The number of carbonyl (C=O) groups is 1. The highest BCUT2D eigenvalue weighted by atomic mass is 16.5. The third kappa shape index (κ3) is 2.74. The summed E-state index contributed by atoms with van der Waals surface area (Å²) in [5.74, 6) is 0.346. The number of rotatable bonds is 4. The SMILES string of the molecule is COc1cc(C(=O)Cc2cccc3ccccc23)ncn1. The molecule has 0 saturated carbocycles. The number of aromatic nitrogens is 2. The number of benzene rings is 2. The van der Waals surface area contributed by atoms with Gasteiger partial charge < -0.3 is 4.74 Å². The Morgan fingerprint density at radius 2 is 1.90 bits per heavy atom. The topological polar surface area (TPSA) is 52.1 Å². The van der Waals surface area contributed by atoms with Gasteiger partial charge in [-0.3, -0.25) is 4.79 Å². The number of fused-ring (bicyclic) bond motifs is 1. The second-order valence-electron chi connectivity index (χ2n) is 4.68. The summed E-state index contributed by atoms with van der Waals surface area (Å²) >= 11 is 0. The molecule has 0 radical (unpaired) electrons. The van der Waals surface area contributed by atoms with Crippen LogP contribution in [0.4, 0.5) is 0 Å². The maximum absolute atomic E-state index is 12.4. The van der Waals surface area contributed by atoms with Crippen molar-refractivity contribution in [1.82, 2.24) is 9.97 Å². The van der Waals surface area contributed by atoms with Crippen molar-refractivity contribution in [3.63, 3.8) is 0 Å². The van der Waals surface area contributed by atoms with Crippen LogP contribution in [0.1, 0.15) is 16.1 Å². The number of nitrogens with zero attached hydrogens (tertiary/aromatic N) is 2. The second kappa shape index (κ2) is 5.71. The molecule has 4 nitrogen and oxygen atoms in total. The van der Waals surface area contributed by atoms with Gasteiger partial charge in [0.1, 0.15) is 12.0 Å². The molecule has 3 rings (SSSR count). The van der Waals surface area contributed by atoms with Crippen LogP contribution in [0.15, 0.2) is 54.9 Å². The van der Waals surface area contributed by atoms with Gasteiger partial charge in [-0.15, -0.1) is 0 Å². The Hall–Kier alpha value is -2.75. The van der Waals surface area contributed by atoms with Crippen LogP contribution in [-0.2, 0) is 6.42 Å². The van der Waals surface area contributed by atoms with E-state index in [2.05, 4.69) is 9.97 Å². The largest absolute Gasteiger partial charge is 0.481 e. The van der Waals surface area contributed by atoms with Crippen LogP contribution in [0.3, 0.4) is 0 Å². The number of carbonyl (C=O) groups excluding carboxylic acids is 1. The summed E-state index contributed by atoms with van der Waals surface area (Å²) in [6.45, 7) is 0. The number of Topliss-reactive ketones (excluding diaryl/α,β-unsaturated/α-hetero) is 1. The van der Waals surface area contributed by atoms with Gasteiger partial charge >= 0.3 is 0 Å². The van der Waals surface area contributed by atoms with Crippen molar-refractivity contribution >= 4 is 16.6 Å².